The van der Waals surface area contributed by atoms with Crippen molar-refractivity contribution in [3.05, 3.63) is 29.8 Å². The summed E-state index contributed by atoms with van der Waals surface area (Å²) in [6.07, 6.45) is 2.33. The molecule has 18 heavy (non-hydrogen) atoms. The van der Waals surface area contributed by atoms with E-state index >= 15 is 0 Å². The van der Waals surface area contributed by atoms with Crippen molar-refractivity contribution in [2.75, 3.05) is 20.3 Å². The Morgan fingerprint density at radius 2 is 2.06 bits per heavy atom. The molecule has 3 rings (SSSR count). The quantitative estimate of drug-likeness (QED) is 0.806. The number of hydrogen-bond donors (Lipinski definition) is 1. The van der Waals surface area contributed by atoms with E-state index in [1.807, 2.05) is 0 Å². The third-order valence-electron chi connectivity index (χ3n) is 4.12. The zero-order valence-electron chi connectivity index (χ0n) is 10.3. The van der Waals surface area contributed by atoms with Crippen LogP contribution in [0.5, 0.6) is 0 Å². The minimum Gasteiger partial charge on any atom is -0.383 e. The first-order valence-electron chi connectivity index (χ1n) is 6.22. The number of piperidine rings is 1. The summed E-state index contributed by atoms with van der Waals surface area (Å²) in [6, 6.07) is 3.34. The van der Waals surface area contributed by atoms with Crippen LogP contribution in [0, 0.1) is 5.82 Å². The SMILES string of the molecule is CN1C2COCC1CC(O)(c1ccc(F)cn1)C2. The standard InChI is InChI=1S/C13H17FN2O2/c1-16-10-4-13(17,5-11(16)8-18-7-10)12-3-2-9(14)6-15-12/h2-3,6,10-11,17H,4-5,7-8H2,1H3. The molecule has 4 nitrogen and oxygen atoms in total. The summed E-state index contributed by atoms with van der Waals surface area (Å²) in [7, 11) is 2.07. The third kappa shape index (κ3) is 1.92. The van der Waals surface area contributed by atoms with E-state index in [0.717, 1.165) is 6.20 Å². The van der Waals surface area contributed by atoms with E-state index in [2.05, 4.69) is 16.9 Å². The summed E-state index contributed by atoms with van der Waals surface area (Å²) >= 11 is 0. The van der Waals surface area contributed by atoms with Crippen molar-refractivity contribution in [2.45, 2.75) is 30.5 Å². The first-order chi connectivity index (χ1) is 8.58. The third-order valence-corrected chi connectivity index (χ3v) is 4.12. The minimum atomic E-state index is -0.959. The van der Waals surface area contributed by atoms with Crippen LogP contribution in [-0.2, 0) is 10.3 Å². The van der Waals surface area contributed by atoms with Crippen LogP contribution < -0.4 is 0 Å². The molecule has 5 heteroatoms. The average molecular weight is 252 g/mol. The smallest absolute Gasteiger partial charge is 0.141 e. The molecular formula is C13H17FN2O2. The van der Waals surface area contributed by atoms with Gasteiger partial charge in [0.15, 0.2) is 0 Å². The van der Waals surface area contributed by atoms with E-state index in [4.69, 9.17) is 4.74 Å². The summed E-state index contributed by atoms with van der Waals surface area (Å²) in [4.78, 5) is 6.31. The fraction of sp³-hybridized carbons (Fsp3) is 0.615. The number of fused-ring (bicyclic) bond motifs is 2. The minimum absolute atomic E-state index is 0.203. The van der Waals surface area contributed by atoms with Crippen molar-refractivity contribution < 1.29 is 14.2 Å². The molecule has 3 heterocycles. The summed E-state index contributed by atoms with van der Waals surface area (Å²) < 4.78 is 18.4. The second kappa shape index (κ2) is 4.26. The van der Waals surface area contributed by atoms with Gasteiger partial charge in [0.2, 0.25) is 0 Å². The zero-order chi connectivity index (χ0) is 12.8. The Bertz CT molecular complexity index is 423. The first-order valence-corrected chi connectivity index (χ1v) is 6.22. The molecule has 0 amide bonds. The average Bonchev–Trinajstić information content (AvgIpc) is 2.32. The van der Waals surface area contributed by atoms with Gasteiger partial charge in [0.25, 0.3) is 0 Å². The lowest BCUT2D eigenvalue weighted by molar-refractivity contribution is -0.139. The van der Waals surface area contributed by atoms with E-state index in [1.54, 1.807) is 6.07 Å². The summed E-state index contributed by atoms with van der Waals surface area (Å²) in [6.45, 7) is 1.27. The number of ether oxygens (including phenoxy) is 1. The van der Waals surface area contributed by atoms with Gasteiger partial charge in [-0.3, -0.25) is 9.88 Å². The Balaban J connectivity index is 1.89. The maximum atomic E-state index is 12.9. The highest BCUT2D eigenvalue weighted by atomic mass is 19.1. The van der Waals surface area contributed by atoms with Gasteiger partial charge in [-0.2, -0.15) is 0 Å². The highest BCUT2D eigenvalue weighted by molar-refractivity contribution is 5.17. The van der Waals surface area contributed by atoms with Crippen LogP contribution in [0.3, 0.4) is 0 Å². The molecule has 2 saturated heterocycles. The zero-order valence-corrected chi connectivity index (χ0v) is 10.3. The molecule has 1 aromatic rings. The van der Waals surface area contributed by atoms with Gasteiger partial charge < -0.3 is 9.84 Å². The van der Waals surface area contributed by atoms with Crippen LogP contribution in [0.2, 0.25) is 0 Å². The molecule has 2 aliphatic rings. The summed E-state index contributed by atoms with van der Waals surface area (Å²) in [5, 5.41) is 10.8. The van der Waals surface area contributed by atoms with Crippen LogP contribution >= 0.6 is 0 Å². The number of aliphatic hydroxyl groups is 1. The highest BCUT2D eigenvalue weighted by Gasteiger charge is 2.46. The van der Waals surface area contributed by atoms with E-state index in [1.165, 1.54) is 6.07 Å². The second-order valence-corrected chi connectivity index (χ2v) is 5.31. The van der Waals surface area contributed by atoms with Crippen molar-refractivity contribution in [3.8, 4) is 0 Å². The van der Waals surface area contributed by atoms with Crippen molar-refractivity contribution in [1.82, 2.24) is 9.88 Å². The molecule has 2 bridgehead atoms. The lowest BCUT2D eigenvalue weighted by atomic mass is 9.79. The fourth-order valence-electron chi connectivity index (χ4n) is 3.00. The maximum absolute atomic E-state index is 12.9. The largest absolute Gasteiger partial charge is 0.383 e. The Hall–Kier alpha value is -1.04. The van der Waals surface area contributed by atoms with Crippen LogP contribution in [-0.4, -0.2) is 47.3 Å². The molecule has 0 radical (unpaired) electrons. The van der Waals surface area contributed by atoms with Crippen molar-refractivity contribution >= 4 is 0 Å². The van der Waals surface area contributed by atoms with Gasteiger partial charge in [0, 0.05) is 12.1 Å². The Labute approximate surface area is 105 Å². The number of nitrogens with zero attached hydrogens (tertiary/aromatic N) is 2. The van der Waals surface area contributed by atoms with Gasteiger partial charge in [-0.05, 0) is 32.0 Å². The van der Waals surface area contributed by atoms with E-state index in [-0.39, 0.29) is 17.9 Å². The fourth-order valence-corrected chi connectivity index (χ4v) is 3.00. The monoisotopic (exact) mass is 252 g/mol. The molecule has 98 valence electrons. The summed E-state index contributed by atoms with van der Waals surface area (Å²) in [5.74, 6) is -0.376. The van der Waals surface area contributed by atoms with Gasteiger partial charge in [0.1, 0.15) is 11.4 Å². The molecule has 1 aromatic heterocycles. The number of likely N-dealkylation sites (N-methyl/N-ethyl adjacent to an activating group) is 1. The topological polar surface area (TPSA) is 45.6 Å². The predicted molar refractivity (Wildman–Crippen MR) is 63.5 cm³/mol. The van der Waals surface area contributed by atoms with Gasteiger partial charge >= 0.3 is 0 Å². The molecule has 2 aliphatic heterocycles. The number of rotatable bonds is 1. The number of pyridine rings is 1. The number of hydrogen-bond acceptors (Lipinski definition) is 4. The van der Waals surface area contributed by atoms with Gasteiger partial charge in [-0.1, -0.05) is 0 Å². The van der Waals surface area contributed by atoms with Crippen molar-refractivity contribution in [1.29, 1.82) is 0 Å². The lowest BCUT2D eigenvalue weighted by Crippen LogP contribution is -2.59. The van der Waals surface area contributed by atoms with Gasteiger partial charge in [-0.25, -0.2) is 4.39 Å². The Morgan fingerprint density at radius 1 is 1.39 bits per heavy atom. The number of aromatic nitrogens is 1. The molecule has 1 N–H and O–H groups in total. The maximum Gasteiger partial charge on any atom is 0.141 e. The predicted octanol–water partition coefficient (Wildman–Crippen LogP) is 0.901. The molecular weight excluding hydrogens is 235 g/mol. The molecule has 0 saturated carbocycles. The van der Waals surface area contributed by atoms with E-state index in [9.17, 15) is 9.50 Å². The highest BCUT2D eigenvalue weighted by Crippen LogP contribution is 2.39. The van der Waals surface area contributed by atoms with Gasteiger partial charge in [-0.15, -0.1) is 0 Å². The molecule has 2 unspecified atom stereocenters. The van der Waals surface area contributed by atoms with Gasteiger partial charge in [0.05, 0.1) is 25.1 Å². The Kier molecular flexibility index (Phi) is 2.84. The van der Waals surface area contributed by atoms with Crippen LogP contribution in [0.15, 0.2) is 18.3 Å². The number of morpholine rings is 1. The number of halogens is 1. The van der Waals surface area contributed by atoms with E-state index < -0.39 is 5.60 Å². The molecule has 0 aromatic carbocycles. The molecule has 2 atom stereocenters. The molecule has 2 fully saturated rings. The molecule has 0 aliphatic carbocycles. The van der Waals surface area contributed by atoms with Crippen LogP contribution in [0.4, 0.5) is 4.39 Å². The molecule has 0 spiro atoms. The lowest BCUT2D eigenvalue weighted by Gasteiger charge is -2.49. The normalized spacial score (nSPS) is 36.6. The van der Waals surface area contributed by atoms with Crippen molar-refractivity contribution in [3.63, 3.8) is 0 Å². The van der Waals surface area contributed by atoms with Crippen molar-refractivity contribution in [2.24, 2.45) is 0 Å². The first kappa shape index (κ1) is 12.0. The summed E-state index contributed by atoms with van der Waals surface area (Å²) in [5.41, 5.74) is -0.395. The van der Waals surface area contributed by atoms with E-state index in [0.29, 0.717) is 31.7 Å². The Morgan fingerprint density at radius 3 is 2.61 bits per heavy atom. The van der Waals surface area contributed by atoms with Crippen LogP contribution in [0.25, 0.3) is 0 Å². The van der Waals surface area contributed by atoms with Crippen LogP contribution in [0.1, 0.15) is 18.5 Å². The second-order valence-electron chi connectivity index (χ2n) is 5.31.